The van der Waals surface area contributed by atoms with Gasteiger partial charge in [-0.2, -0.15) is 0 Å². The quantitative estimate of drug-likeness (QED) is 0.870. The zero-order chi connectivity index (χ0) is 13.8. The molecule has 0 saturated heterocycles. The molecule has 1 heterocycles. The average Bonchev–Trinajstić information content (AvgIpc) is 2.82. The van der Waals surface area contributed by atoms with E-state index in [0.717, 1.165) is 21.5 Å². The second kappa shape index (κ2) is 6.50. The van der Waals surface area contributed by atoms with Crippen molar-refractivity contribution in [2.45, 2.75) is 13.0 Å². The minimum atomic E-state index is -0.337. The minimum absolute atomic E-state index is 0.0141. The number of hydrogen-bond donors (Lipinski definition) is 1. The number of nitrogens with one attached hydrogen (secondary N) is 1. The number of methoxy groups -OCH3 is 1. The SMILES string of the molecule is CCNC(c1ccc(OC)c(F)c1)c1sccc1Br. The number of rotatable bonds is 5. The molecule has 0 amide bonds. The van der Waals surface area contributed by atoms with Crippen LogP contribution in [-0.2, 0) is 0 Å². The van der Waals surface area contributed by atoms with Gasteiger partial charge < -0.3 is 10.1 Å². The standard InChI is InChI=1S/C14H15BrFNOS/c1-3-17-13(14-10(15)6-7-19-14)9-4-5-12(18-2)11(16)8-9/h4-8,13,17H,3H2,1-2H3. The summed E-state index contributed by atoms with van der Waals surface area (Å²) >= 11 is 5.18. The van der Waals surface area contributed by atoms with Crippen molar-refractivity contribution in [1.29, 1.82) is 0 Å². The Morgan fingerprint density at radius 2 is 2.21 bits per heavy atom. The summed E-state index contributed by atoms with van der Waals surface area (Å²) in [5.74, 6) is -0.0696. The Morgan fingerprint density at radius 3 is 2.74 bits per heavy atom. The molecule has 0 radical (unpaired) electrons. The highest BCUT2D eigenvalue weighted by Crippen LogP contribution is 2.34. The van der Waals surface area contributed by atoms with Crippen LogP contribution in [0.1, 0.15) is 23.4 Å². The summed E-state index contributed by atoms with van der Waals surface area (Å²) in [6.45, 7) is 2.84. The Kier molecular flexibility index (Phi) is 4.96. The first-order chi connectivity index (χ1) is 9.17. The zero-order valence-corrected chi connectivity index (χ0v) is 13.1. The van der Waals surface area contributed by atoms with Crippen molar-refractivity contribution in [3.63, 3.8) is 0 Å². The summed E-state index contributed by atoms with van der Waals surface area (Å²) in [7, 11) is 1.47. The van der Waals surface area contributed by atoms with Crippen molar-refractivity contribution in [3.05, 3.63) is 50.4 Å². The lowest BCUT2D eigenvalue weighted by atomic mass is 10.0. The molecule has 0 saturated carbocycles. The first-order valence-electron chi connectivity index (χ1n) is 5.97. The normalized spacial score (nSPS) is 12.4. The van der Waals surface area contributed by atoms with Crippen LogP contribution in [0.5, 0.6) is 5.75 Å². The lowest BCUT2D eigenvalue weighted by Crippen LogP contribution is -2.21. The summed E-state index contributed by atoms with van der Waals surface area (Å²) < 4.78 is 19.8. The molecule has 1 aromatic heterocycles. The van der Waals surface area contributed by atoms with Gasteiger partial charge in [-0.3, -0.25) is 0 Å². The molecular formula is C14H15BrFNOS. The Bertz CT molecular complexity index is 558. The van der Waals surface area contributed by atoms with Crippen molar-refractivity contribution in [2.75, 3.05) is 13.7 Å². The molecule has 2 aromatic rings. The van der Waals surface area contributed by atoms with Crippen LogP contribution in [0.3, 0.4) is 0 Å². The fraction of sp³-hybridized carbons (Fsp3) is 0.286. The maximum atomic E-state index is 13.8. The average molecular weight is 344 g/mol. The second-order valence-corrected chi connectivity index (χ2v) is 5.82. The van der Waals surface area contributed by atoms with Crippen LogP contribution >= 0.6 is 27.3 Å². The molecule has 19 heavy (non-hydrogen) atoms. The summed E-state index contributed by atoms with van der Waals surface area (Å²) in [4.78, 5) is 1.14. The van der Waals surface area contributed by atoms with Crippen LogP contribution in [-0.4, -0.2) is 13.7 Å². The van der Waals surface area contributed by atoms with E-state index in [9.17, 15) is 4.39 Å². The molecule has 1 unspecified atom stereocenters. The summed E-state index contributed by atoms with van der Waals surface area (Å²) in [6, 6.07) is 7.07. The Hall–Kier alpha value is -0.910. The second-order valence-electron chi connectivity index (χ2n) is 4.02. The fourth-order valence-electron chi connectivity index (χ4n) is 1.94. The third-order valence-electron chi connectivity index (χ3n) is 2.82. The third kappa shape index (κ3) is 3.16. The van der Waals surface area contributed by atoms with Gasteiger partial charge in [-0.15, -0.1) is 11.3 Å². The van der Waals surface area contributed by atoms with Gasteiger partial charge in [-0.25, -0.2) is 4.39 Å². The lowest BCUT2D eigenvalue weighted by Gasteiger charge is -2.18. The smallest absolute Gasteiger partial charge is 0.165 e. The van der Waals surface area contributed by atoms with E-state index in [1.807, 2.05) is 24.4 Å². The molecule has 1 N–H and O–H groups in total. The van der Waals surface area contributed by atoms with Crippen LogP contribution in [0.2, 0.25) is 0 Å². The molecule has 5 heteroatoms. The van der Waals surface area contributed by atoms with Crippen LogP contribution in [0.25, 0.3) is 0 Å². The summed E-state index contributed by atoms with van der Waals surface area (Å²) in [5.41, 5.74) is 0.892. The molecule has 0 aliphatic rings. The molecule has 2 rings (SSSR count). The molecule has 0 aliphatic heterocycles. The van der Waals surface area contributed by atoms with E-state index < -0.39 is 0 Å². The van der Waals surface area contributed by atoms with Crippen molar-refractivity contribution >= 4 is 27.3 Å². The largest absolute Gasteiger partial charge is 0.494 e. The highest BCUT2D eigenvalue weighted by atomic mass is 79.9. The van der Waals surface area contributed by atoms with Crippen LogP contribution in [0, 0.1) is 5.82 Å². The molecule has 1 aromatic carbocycles. The highest BCUT2D eigenvalue weighted by Gasteiger charge is 2.18. The molecule has 2 nitrogen and oxygen atoms in total. The van der Waals surface area contributed by atoms with Gasteiger partial charge in [0.2, 0.25) is 0 Å². The first kappa shape index (κ1) is 14.5. The van der Waals surface area contributed by atoms with Crippen LogP contribution in [0.4, 0.5) is 4.39 Å². The van der Waals surface area contributed by atoms with E-state index in [-0.39, 0.29) is 17.6 Å². The topological polar surface area (TPSA) is 21.3 Å². The number of ether oxygens (including phenoxy) is 1. The zero-order valence-electron chi connectivity index (χ0n) is 10.7. The Balaban J connectivity index is 2.39. The Morgan fingerprint density at radius 1 is 1.42 bits per heavy atom. The molecular weight excluding hydrogens is 329 g/mol. The predicted octanol–water partition coefficient (Wildman–Crippen LogP) is 4.36. The van der Waals surface area contributed by atoms with E-state index >= 15 is 0 Å². The van der Waals surface area contributed by atoms with E-state index in [1.54, 1.807) is 17.4 Å². The van der Waals surface area contributed by atoms with Crippen molar-refractivity contribution in [3.8, 4) is 5.75 Å². The van der Waals surface area contributed by atoms with Gasteiger partial charge in [0.25, 0.3) is 0 Å². The number of halogens is 2. The van der Waals surface area contributed by atoms with Crippen molar-refractivity contribution in [1.82, 2.24) is 5.32 Å². The molecule has 0 fully saturated rings. The number of hydrogen-bond acceptors (Lipinski definition) is 3. The third-order valence-corrected chi connectivity index (χ3v) is 4.76. The van der Waals surface area contributed by atoms with Gasteiger partial charge in [-0.05, 0) is 51.6 Å². The fourth-order valence-corrected chi connectivity index (χ4v) is 3.64. The molecule has 102 valence electrons. The van der Waals surface area contributed by atoms with Crippen molar-refractivity contribution < 1.29 is 9.13 Å². The maximum Gasteiger partial charge on any atom is 0.165 e. The van der Waals surface area contributed by atoms with E-state index in [2.05, 4.69) is 21.2 Å². The van der Waals surface area contributed by atoms with Crippen LogP contribution < -0.4 is 10.1 Å². The molecule has 0 bridgehead atoms. The van der Waals surface area contributed by atoms with Gasteiger partial charge in [0.05, 0.1) is 13.2 Å². The monoisotopic (exact) mass is 343 g/mol. The highest BCUT2D eigenvalue weighted by molar-refractivity contribution is 9.10. The van der Waals surface area contributed by atoms with Crippen molar-refractivity contribution in [2.24, 2.45) is 0 Å². The van der Waals surface area contributed by atoms with E-state index in [1.165, 1.54) is 13.2 Å². The summed E-state index contributed by atoms with van der Waals surface area (Å²) in [6.07, 6.45) is 0. The first-order valence-corrected chi connectivity index (χ1v) is 7.64. The van der Waals surface area contributed by atoms with Gasteiger partial charge in [0.15, 0.2) is 11.6 Å². The maximum absolute atomic E-state index is 13.8. The number of thiophene rings is 1. The van der Waals surface area contributed by atoms with Gasteiger partial charge in [0, 0.05) is 9.35 Å². The number of benzene rings is 1. The molecule has 1 atom stereocenters. The van der Waals surface area contributed by atoms with Gasteiger partial charge >= 0.3 is 0 Å². The molecule has 0 aliphatic carbocycles. The van der Waals surface area contributed by atoms with Gasteiger partial charge in [-0.1, -0.05) is 13.0 Å². The lowest BCUT2D eigenvalue weighted by molar-refractivity contribution is 0.386. The van der Waals surface area contributed by atoms with E-state index in [4.69, 9.17) is 4.74 Å². The van der Waals surface area contributed by atoms with Gasteiger partial charge in [0.1, 0.15) is 0 Å². The van der Waals surface area contributed by atoms with E-state index in [0.29, 0.717) is 0 Å². The Labute approximate surface area is 124 Å². The predicted molar refractivity (Wildman–Crippen MR) is 80.5 cm³/mol. The molecule has 0 spiro atoms. The summed E-state index contributed by atoms with van der Waals surface area (Å²) in [5, 5.41) is 5.40. The van der Waals surface area contributed by atoms with Crippen LogP contribution in [0.15, 0.2) is 34.1 Å². The minimum Gasteiger partial charge on any atom is -0.494 e.